The average molecular weight is 400 g/mol. The molecular formula is C22H20N6O2. The van der Waals surface area contributed by atoms with Crippen LogP contribution < -0.4 is 20.9 Å². The lowest BCUT2D eigenvalue weighted by atomic mass is 10.2. The number of aromatic nitrogens is 2. The second-order valence-electron chi connectivity index (χ2n) is 6.64. The van der Waals surface area contributed by atoms with Crippen molar-refractivity contribution in [2.75, 3.05) is 7.11 Å². The largest absolute Gasteiger partial charge is 0.493 e. The zero-order valence-electron chi connectivity index (χ0n) is 16.2. The summed E-state index contributed by atoms with van der Waals surface area (Å²) >= 11 is 0. The highest BCUT2D eigenvalue weighted by molar-refractivity contribution is 5.98. The molecule has 4 aromatic rings. The molecule has 0 saturated carbocycles. The number of nitrogens with two attached hydrogens (primary N) is 2. The minimum Gasteiger partial charge on any atom is -0.493 e. The number of H-pyrrole nitrogens is 1. The lowest BCUT2D eigenvalue weighted by molar-refractivity contribution is 0.379. The van der Waals surface area contributed by atoms with E-state index in [4.69, 9.17) is 31.8 Å². The van der Waals surface area contributed by atoms with Crippen LogP contribution in [0.1, 0.15) is 11.1 Å². The fraction of sp³-hybridized carbons (Fsp3) is 0.0455. The predicted molar refractivity (Wildman–Crippen MR) is 117 cm³/mol. The molecule has 7 N–H and O–H groups in total. The van der Waals surface area contributed by atoms with Gasteiger partial charge in [-0.1, -0.05) is 0 Å². The fourth-order valence-electron chi connectivity index (χ4n) is 3.04. The topological polar surface area (TPSA) is 147 Å². The standard InChI is InChI=1S/C22H20N6O2/c1-29-19-11-14(22-27-16-8-4-13(21(25)26)10-17(16)28-22)5-9-18(19)30-15-6-2-12(3-7-15)20(23)24/h2-11H,1H3,(H3,23,24)(H3,25,26)(H,27,28). The summed E-state index contributed by atoms with van der Waals surface area (Å²) in [6, 6.07) is 17.9. The number of nitrogens with one attached hydrogen (secondary N) is 3. The molecule has 8 heteroatoms. The molecule has 0 aliphatic rings. The molecule has 0 unspecified atom stereocenters. The number of benzene rings is 3. The van der Waals surface area contributed by atoms with Crippen LogP contribution in [0.25, 0.3) is 22.4 Å². The molecule has 0 bridgehead atoms. The van der Waals surface area contributed by atoms with E-state index < -0.39 is 0 Å². The van der Waals surface area contributed by atoms with Crippen molar-refractivity contribution in [3.05, 3.63) is 71.8 Å². The van der Waals surface area contributed by atoms with Gasteiger partial charge in [-0.3, -0.25) is 10.8 Å². The van der Waals surface area contributed by atoms with E-state index >= 15 is 0 Å². The van der Waals surface area contributed by atoms with Gasteiger partial charge in [-0.05, 0) is 60.7 Å². The van der Waals surface area contributed by atoms with E-state index in [1.165, 1.54) is 0 Å². The summed E-state index contributed by atoms with van der Waals surface area (Å²) in [5.41, 5.74) is 14.7. The molecule has 0 spiro atoms. The molecule has 0 amide bonds. The van der Waals surface area contributed by atoms with E-state index in [0.29, 0.717) is 34.2 Å². The molecule has 8 nitrogen and oxygen atoms in total. The van der Waals surface area contributed by atoms with Crippen LogP contribution in [0, 0.1) is 10.8 Å². The normalized spacial score (nSPS) is 10.7. The number of ether oxygens (including phenoxy) is 2. The first kappa shape index (κ1) is 19.0. The van der Waals surface area contributed by atoms with Gasteiger partial charge in [0.25, 0.3) is 0 Å². The number of imidazole rings is 1. The van der Waals surface area contributed by atoms with Gasteiger partial charge >= 0.3 is 0 Å². The van der Waals surface area contributed by atoms with Crippen molar-refractivity contribution >= 4 is 22.7 Å². The molecule has 0 saturated heterocycles. The Morgan fingerprint density at radius 3 is 2.23 bits per heavy atom. The number of methoxy groups -OCH3 is 1. The number of amidine groups is 2. The molecular weight excluding hydrogens is 380 g/mol. The number of rotatable bonds is 6. The highest BCUT2D eigenvalue weighted by Gasteiger charge is 2.12. The van der Waals surface area contributed by atoms with E-state index in [1.807, 2.05) is 18.2 Å². The summed E-state index contributed by atoms with van der Waals surface area (Å²) in [7, 11) is 1.57. The number of hydrogen-bond acceptors (Lipinski definition) is 5. The first-order valence-corrected chi connectivity index (χ1v) is 9.09. The first-order chi connectivity index (χ1) is 14.4. The van der Waals surface area contributed by atoms with E-state index in [1.54, 1.807) is 49.6 Å². The SMILES string of the molecule is COc1cc(-c2nc3ccc(C(=N)N)cc3[nH]2)ccc1Oc1ccc(C(=N)N)cc1. The number of nitrogens with zero attached hydrogens (tertiary/aromatic N) is 1. The minimum absolute atomic E-state index is 0.00439. The third kappa shape index (κ3) is 3.66. The highest BCUT2D eigenvalue weighted by Crippen LogP contribution is 2.35. The van der Waals surface area contributed by atoms with Crippen molar-refractivity contribution in [3.8, 4) is 28.6 Å². The summed E-state index contributed by atoms with van der Waals surface area (Å²) in [6.45, 7) is 0. The second-order valence-corrected chi connectivity index (χ2v) is 6.64. The van der Waals surface area contributed by atoms with Crippen LogP contribution >= 0.6 is 0 Å². The van der Waals surface area contributed by atoms with E-state index in [-0.39, 0.29) is 11.7 Å². The maximum Gasteiger partial charge on any atom is 0.169 e. The molecule has 0 aliphatic heterocycles. The van der Waals surface area contributed by atoms with Gasteiger partial charge in [0.2, 0.25) is 0 Å². The number of hydrogen-bond donors (Lipinski definition) is 5. The van der Waals surface area contributed by atoms with Crippen LogP contribution in [0.3, 0.4) is 0 Å². The van der Waals surface area contributed by atoms with Crippen molar-refractivity contribution in [1.29, 1.82) is 10.8 Å². The zero-order chi connectivity index (χ0) is 21.3. The summed E-state index contributed by atoms with van der Waals surface area (Å²) in [5, 5.41) is 15.0. The van der Waals surface area contributed by atoms with Crippen molar-refractivity contribution in [2.45, 2.75) is 0 Å². The van der Waals surface area contributed by atoms with Gasteiger partial charge < -0.3 is 25.9 Å². The molecule has 1 heterocycles. The average Bonchev–Trinajstić information content (AvgIpc) is 3.17. The molecule has 3 aromatic carbocycles. The molecule has 0 fully saturated rings. The molecule has 4 rings (SSSR count). The molecule has 150 valence electrons. The molecule has 1 aromatic heterocycles. The number of aromatic amines is 1. The highest BCUT2D eigenvalue weighted by atomic mass is 16.5. The van der Waals surface area contributed by atoms with Crippen molar-refractivity contribution in [1.82, 2.24) is 9.97 Å². The summed E-state index contributed by atoms with van der Waals surface area (Å²) in [5.74, 6) is 2.38. The predicted octanol–water partition coefficient (Wildman–Crippen LogP) is 3.60. The molecule has 30 heavy (non-hydrogen) atoms. The maximum absolute atomic E-state index is 7.58. The number of nitrogen functional groups attached to an aromatic ring is 2. The summed E-state index contributed by atoms with van der Waals surface area (Å²) < 4.78 is 11.4. The van der Waals surface area contributed by atoms with Crippen molar-refractivity contribution in [3.63, 3.8) is 0 Å². The maximum atomic E-state index is 7.58. The quantitative estimate of drug-likeness (QED) is 0.248. The summed E-state index contributed by atoms with van der Waals surface area (Å²) in [6.07, 6.45) is 0. The van der Waals surface area contributed by atoms with Crippen molar-refractivity contribution < 1.29 is 9.47 Å². The Bertz CT molecular complexity index is 1260. The van der Waals surface area contributed by atoms with Gasteiger partial charge in [0, 0.05) is 16.7 Å². The van der Waals surface area contributed by atoms with Crippen LogP contribution in [0.15, 0.2) is 60.7 Å². The third-order valence-corrected chi connectivity index (χ3v) is 4.62. The third-order valence-electron chi connectivity index (χ3n) is 4.62. The number of fused-ring (bicyclic) bond motifs is 1. The Morgan fingerprint density at radius 2 is 1.57 bits per heavy atom. The van der Waals surface area contributed by atoms with Crippen LogP contribution in [-0.2, 0) is 0 Å². The molecule has 0 atom stereocenters. The monoisotopic (exact) mass is 400 g/mol. The smallest absolute Gasteiger partial charge is 0.169 e. The van der Waals surface area contributed by atoms with E-state index in [0.717, 1.165) is 16.6 Å². The lowest BCUT2D eigenvalue weighted by Gasteiger charge is -2.11. The van der Waals surface area contributed by atoms with Crippen molar-refractivity contribution in [2.24, 2.45) is 11.5 Å². The van der Waals surface area contributed by atoms with Crippen LogP contribution in [0.5, 0.6) is 17.2 Å². The first-order valence-electron chi connectivity index (χ1n) is 9.09. The Morgan fingerprint density at radius 1 is 0.867 bits per heavy atom. The van der Waals surface area contributed by atoms with Gasteiger partial charge in [0.05, 0.1) is 18.1 Å². The van der Waals surface area contributed by atoms with Crippen LogP contribution in [-0.4, -0.2) is 28.7 Å². The summed E-state index contributed by atoms with van der Waals surface area (Å²) in [4.78, 5) is 7.86. The Kier molecular flexibility index (Phi) is 4.81. The van der Waals surface area contributed by atoms with E-state index in [2.05, 4.69) is 9.97 Å². The van der Waals surface area contributed by atoms with Crippen LogP contribution in [0.4, 0.5) is 0 Å². The Labute approximate surface area is 172 Å². The van der Waals surface area contributed by atoms with Gasteiger partial charge in [0.15, 0.2) is 11.5 Å². The second kappa shape index (κ2) is 7.59. The molecule has 0 radical (unpaired) electrons. The van der Waals surface area contributed by atoms with Gasteiger partial charge in [-0.15, -0.1) is 0 Å². The molecule has 0 aliphatic carbocycles. The van der Waals surface area contributed by atoms with Crippen LogP contribution in [0.2, 0.25) is 0 Å². The minimum atomic E-state index is 0.00439. The lowest BCUT2D eigenvalue weighted by Crippen LogP contribution is -2.10. The Balaban J connectivity index is 1.64. The fourth-order valence-corrected chi connectivity index (χ4v) is 3.04. The Hall–Kier alpha value is -4.33. The van der Waals surface area contributed by atoms with E-state index in [9.17, 15) is 0 Å². The van der Waals surface area contributed by atoms with Gasteiger partial charge in [-0.25, -0.2) is 4.98 Å². The zero-order valence-corrected chi connectivity index (χ0v) is 16.2. The van der Waals surface area contributed by atoms with Gasteiger partial charge in [-0.2, -0.15) is 0 Å². The van der Waals surface area contributed by atoms with Gasteiger partial charge in [0.1, 0.15) is 23.2 Å².